The fourth-order valence-corrected chi connectivity index (χ4v) is 3.05. The van der Waals surface area contributed by atoms with Crippen LogP contribution in [0.1, 0.15) is 29.6 Å². The highest BCUT2D eigenvalue weighted by molar-refractivity contribution is 6.30. The van der Waals surface area contributed by atoms with Crippen molar-refractivity contribution in [3.8, 4) is 0 Å². The first-order valence-corrected chi connectivity index (χ1v) is 7.25. The van der Waals surface area contributed by atoms with Gasteiger partial charge in [-0.3, -0.25) is 9.69 Å². The smallest absolute Gasteiger partial charge is 0.164 e. The summed E-state index contributed by atoms with van der Waals surface area (Å²) in [6, 6.07) is 7.13. The molecule has 2 aliphatic heterocycles. The van der Waals surface area contributed by atoms with E-state index in [1.54, 1.807) is 24.3 Å². The van der Waals surface area contributed by atoms with Crippen molar-refractivity contribution in [2.45, 2.75) is 31.5 Å². The molecule has 0 saturated carbocycles. The van der Waals surface area contributed by atoms with E-state index in [9.17, 15) is 4.79 Å². The predicted molar refractivity (Wildman–Crippen MR) is 74.7 cm³/mol. The second kappa shape index (κ2) is 5.61. The van der Waals surface area contributed by atoms with E-state index in [1.165, 1.54) is 12.8 Å². The van der Waals surface area contributed by atoms with E-state index in [4.69, 9.17) is 16.3 Å². The molecule has 1 aromatic rings. The first-order valence-electron chi connectivity index (χ1n) is 6.87. The van der Waals surface area contributed by atoms with E-state index < -0.39 is 0 Å². The van der Waals surface area contributed by atoms with Crippen molar-refractivity contribution >= 4 is 17.4 Å². The highest BCUT2D eigenvalue weighted by Crippen LogP contribution is 2.26. The minimum absolute atomic E-state index is 0.190. The number of hydrogen-bond donors (Lipinski definition) is 0. The number of ketones is 1. The van der Waals surface area contributed by atoms with Crippen molar-refractivity contribution in [3.63, 3.8) is 0 Å². The highest BCUT2D eigenvalue weighted by Gasteiger charge is 2.33. The molecule has 0 aliphatic carbocycles. The van der Waals surface area contributed by atoms with Crippen LogP contribution in [0.15, 0.2) is 24.3 Å². The zero-order valence-corrected chi connectivity index (χ0v) is 11.6. The Bertz CT molecular complexity index is 448. The summed E-state index contributed by atoms with van der Waals surface area (Å²) in [5.74, 6) is 0.190. The van der Waals surface area contributed by atoms with Crippen LogP contribution in [0.2, 0.25) is 5.02 Å². The van der Waals surface area contributed by atoms with Crippen LogP contribution in [0.3, 0.4) is 0 Å². The molecule has 3 rings (SSSR count). The quantitative estimate of drug-likeness (QED) is 0.794. The number of rotatable bonds is 4. The Morgan fingerprint density at radius 2 is 1.84 bits per heavy atom. The molecule has 2 aliphatic rings. The van der Waals surface area contributed by atoms with Crippen LogP contribution in [0.25, 0.3) is 0 Å². The van der Waals surface area contributed by atoms with Crippen molar-refractivity contribution in [2.24, 2.45) is 0 Å². The lowest BCUT2D eigenvalue weighted by atomic mass is 10.1. The average Bonchev–Trinajstić information content (AvgIpc) is 2.76. The number of morpholine rings is 1. The molecule has 1 aromatic carbocycles. The molecular weight excluding hydrogens is 262 g/mol. The maximum atomic E-state index is 12.1. The summed E-state index contributed by atoms with van der Waals surface area (Å²) in [6.07, 6.45) is 3.70. The Labute approximate surface area is 118 Å². The Morgan fingerprint density at radius 1 is 1.21 bits per heavy atom. The molecular formula is C15H18ClNO2. The zero-order chi connectivity index (χ0) is 13.2. The Hall–Kier alpha value is -0.900. The minimum atomic E-state index is 0.190. The molecule has 2 bridgehead atoms. The largest absolute Gasteiger partial charge is 0.372 e. The average molecular weight is 280 g/mol. The maximum Gasteiger partial charge on any atom is 0.164 e. The third kappa shape index (κ3) is 3.16. The van der Waals surface area contributed by atoms with Crippen LogP contribution in [0, 0.1) is 0 Å². The number of carbonyl (C=O) groups excluding carboxylic acids is 1. The number of benzene rings is 1. The summed E-state index contributed by atoms with van der Waals surface area (Å²) in [7, 11) is 0. The molecule has 0 radical (unpaired) electrons. The molecule has 0 amide bonds. The van der Waals surface area contributed by atoms with Gasteiger partial charge in [-0.25, -0.2) is 0 Å². The van der Waals surface area contributed by atoms with Crippen molar-refractivity contribution < 1.29 is 9.53 Å². The number of likely N-dealkylation sites (tertiary alicyclic amines) is 1. The van der Waals surface area contributed by atoms with Crippen molar-refractivity contribution in [2.75, 3.05) is 19.6 Å². The van der Waals surface area contributed by atoms with E-state index in [0.29, 0.717) is 23.7 Å². The number of ether oxygens (including phenoxy) is 1. The Morgan fingerprint density at radius 3 is 2.47 bits per heavy atom. The lowest BCUT2D eigenvalue weighted by molar-refractivity contribution is -0.0379. The van der Waals surface area contributed by atoms with Gasteiger partial charge in [-0.2, -0.15) is 0 Å². The number of halogens is 1. The lowest BCUT2D eigenvalue weighted by Crippen LogP contribution is -2.43. The summed E-state index contributed by atoms with van der Waals surface area (Å²) in [5.41, 5.74) is 0.751. The van der Waals surface area contributed by atoms with Gasteiger partial charge in [-0.15, -0.1) is 0 Å². The fraction of sp³-hybridized carbons (Fsp3) is 0.533. The SMILES string of the molecule is O=C(CCN1CC2CCC(C1)O2)c1ccc(Cl)cc1. The van der Waals surface area contributed by atoms with E-state index >= 15 is 0 Å². The van der Waals surface area contributed by atoms with E-state index in [1.807, 2.05) is 0 Å². The topological polar surface area (TPSA) is 29.5 Å². The zero-order valence-electron chi connectivity index (χ0n) is 10.8. The molecule has 2 saturated heterocycles. The van der Waals surface area contributed by atoms with Crippen LogP contribution < -0.4 is 0 Å². The van der Waals surface area contributed by atoms with E-state index in [0.717, 1.165) is 25.2 Å². The van der Waals surface area contributed by atoms with Gasteiger partial charge >= 0.3 is 0 Å². The summed E-state index contributed by atoms with van der Waals surface area (Å²) in [5, 5.41) is 0.668. The van der Waals surface area contributed by atoms with E-state index in [2.05, 4.69) is 4.90 Å². The van der Waals surface area contributed by atoms with Gasteiger partial charge in [0.2, 0.25) is 0 Å². The van der Waals surface area contributed by atoms with Crippen LogP contribution >= 0.6 is 11.6 Å². The van der Waals surface area contributed by atoms with Crippen LogP contribution in [-0.4, -0.2) is 42.5 Å². The molecule has 2 heterocycles. The van der Waals surface area contributed by atoms with Gasteiger partial charge in [0.05, 0.1) is 12.2 Å². The molecule has 19 heavy (non-hydrogen) atoms. The van der Waals surface area contributed by atoms with Crippen LogP contribution in [-0.2, 0) is 4.74 Å². The number of fused-ring (bicyclic) bond motifs is 2. The summed E-state index contributed by atoms with van der Waals surface area (Å²) < 4.78 is 5.79. The van der Waals surface area contributed by atoms with Crippen LogP contribution in [0.5, 0.6) is 0 Å². The lowest BCUT2D eigenvalue weighted by Gasteiger charge is -2.31. The van der Waals surface area contributed by atoms with Gasteiger partial charge in [-0.05, 0) is 37.1 Å². The first kappa shape index (κ1) is 13.1. The number of carbonyl (C=O) groups is 1. The molecule has 0 N–H and O–H groups in total. The normalized spacial score (nSPS) is 26.6. The van der Waals surface area contributed by atoms with Gasteiger partial charge in [0, 0.05) is 36.6 Å². The van der Waals surface area contributed by atoms with Crippen molar-refractivity contribution in [1.29, 1.82) is 0 Å². The minimum Gasteiger partial charge on any atom is -0.372 e. The second-order valence-corrected chi connectivity index (χ2v) is 5.83. The van der Waals surface area contributed by atoms with Gasteiger partial charge < -0.3 is 4.74 Å². The Kier molecular flexibility index (Phi) is 3.87. The third-order valence-corrected chi connectivity index (χ3v) is 4.19. The molecule has 2 fully saturated rings. The van der Waals surface area contributed by atoms with Gasteiger partial charge in [0.1, 0.15) is 0 Å². The number of nitrogens with zero attached hydrogens (tertiary/aromatic N) is 1. The summed E-state index contributed by atoms with van der Waals surface area (Å²) in [6.45, 7) is 2.78. The standard InChI is InChI=1S/C15H18ClNO2/c16-12-3-1-11(2-4-12)15(18)7-8-17-9-13-5-6-14(10-17)19-13/h1-4,13-14H,5-10H2. The summed E-state index contributed by atoms with van der Waals surface area (Å²) in [4.78, 5) is 14.4. The first-order chi connectivity index (χ1) is 9.20. The summed E-state index contributed by atoms with van der Waals surface area (Å²) >= 11 is 5.82. The maximum absolute atomic E-state index is 12.1. The highest BCUT2D eigenvalue weighted by atomic mass is 35.5. The van der Waals surface area contributed by atoms with Gasteiger partial charge in [0.15, 0.2) is 5.78 Å². The van der Waals surface area contributed by atoms with Gasteiger partial charge in [0.25, 0.3) is 0 Å². The number of hydrogen-bond acceptors (Lipinski definition) is 3. The molecule has 2 unspecified atom stereocenters. The van der Waals surface area contributed by atoms with Gasteiger partial charge in [-0.1, -0.05) is 11.6 Å². The molecule has 4 heteroatoms. The monoisotopic (exact) mass is 279 g/mol. The van der Waals surface area contributed by atoms with Crippen molar-refractivity contribution in [3.05, 3.63) is 34.9 Å². The number of Topliss-reactive ketones (excluding diaryl/α,β-unsaturated/α-hetero) is 1. The Balaban J connectivity index is 1.52. The predicted octanol–water partition coefficient (Wildman–Crippen LogP) is 2.78. The van der Waals surface area contributed by atoms with E-state index in [-0.39, 0.29) is 5.78 Å². The molecule has 0 spiro atoms. The van der Waals surface area contributed by atoms with Crippen LogP contribution in [0.4, 0.5) is 0 Å². The fourth-order valence-electron chi connectivity index (χ4n) is 2.92. The molecule has 102 valence electrons. The third-order valence-electron chi connectivity index (χ3n) is 3.94. The molecule has 2 atom stereocenters. The molecule has 3 nitrogen and oxygen atoms in total. The van der Waals surface area contributed by atoms with Crippen molar-refractivity contribution in [1.82, 2.24) is 4.90 Å². The molecule has 0 aromatic heterocycles. The second-order valence-electron chi connectivity index (χ2n) is 5.40.